The summed E-state index contributed by atoms with van der Waals surface area (Å²) in [5.74, 6) is -0.690. The lowest BCUT2D eigenvalue weighted by molar-refractivity contribution is -0.141. The molecule has 1 fully saturated rings. The zero-order chi connectivity index (χ0) is 27.2. The number of rotatable bonds is 4. The smallest absolute Gasteiger partial charge is 0.390 e. The molecule has 0 bridgehead atoms. The Balaban J connectivity index is 1.44. The van der Waals surface area contributed by atoms with Gasteiger partial charge in [-0.05, 0) is 68.7 Å². The van der Waals surface area contributed by atoms with Crippen LogP contribution in [0.2, 0.25) is 0 Å². The number of benzene rings is 1. The molecule has 38 heavy (non-hydrogen) atoms. The fraction of sp³-hybridized carbons (Fsp3) is 0.393. The number of morpholine rings is 1. The molecule has 0 spiro atoms. The molecule has 0 radical (unpaired) electrons. The van der Waals surface area contributed by atoms with Gasteiger partial charge in [-0.3, -0.25) is 14.8 Å². The van der Waals surface area contributed by atoms with Crippen molar-refractivity contribution in [2.75, 3.05) is 30.0 Å². The van der Waals surface area contributed by atoms with Gasteiger partial charge in [0.2, 0.25) is 0 Å². The number of aliphatic hydroxyl groups is 1. The number of hydrogen-bond donors (Lipinski definition) is 2. The second-order valence-corrected chi connectivity index (χ2v) is 10.4. The Labute approximate surface area is 218 Å². The lowest BCUT2D eigenvalue weighted by atomic mass is 9.77. The third-order valence-electron chi connectivity index (χ3n) is 7.33. The Morgan fingerprint density at radius 3 is 2.68 bits per heavy atom. The second kappa shape index (κ2) is 9.67. The van der Waals surface area contributed by atoms with Crippen LogP contribution in [-0.2, 0) is 17.3 Å². The number of aromatic nitrogens is 2. The molecule has 1 amide bonds. The molecule has 2 atom stereocenters. The monoisotopic (exact) mass is 526 g/mol. The van der Waals surface area contributed by atoms with Crippen LogP contribution in [0.15, 0.2) is 48.8 Å². The number of nitrogens with zero attached hydrogens (tertiary/aromatic N) is 3. The zero-order valence-electron chi connectivity index (χ0n) is 21.3. The van der Waals surface area contributed by atoms with E-state index in [2.05, 4.69) is 21.3 Å². The fourth-order valence-electron chi connectivity index (χ4n) is 5.30. The van der Waals surface area contributed by atoms with Gasteiger partial charge in [-0.1, -0.05) is 6.07 Å². The van der Waals surface area contributed by atoms with Crippen molar-refractivity contribution in [3.63, 3.8) is 0 Å². The van der Waals surface area contributed by atoms with Gasteiger partial charge in [-0.25, -0.2) is 0 Å². The maximum Gasteiger partial charge on any atom is 0.433 e. The van der Waals surface area contributed by atoms with Crippen molar-refractivity contribution < 1.29 is 27.8 Å². The normalized spacial score (nSPS) is 19.5. The number of aryl methyl sites for hydroxylation is 1. The van der Waals surface area contributed by atoms with Crippen LogP contribution < -0.4 is 10.2 Å². The Hall–Kier alpha value is -3.50. The number of pyridine rings is 2. The van der Waals surface area contributed by atoms with E-state index in [-0.39, 0.29) is 17.5 Å². The van der Waals surface area contributed by atoms with Crippen LogP contribution in [0.25, 0.3) is 11.1 Å². The van der Waals surface area contributed by atoms with E-state index in [1.54, 1.807) is 18.3 Å². The van der Waals surface area contributed by atoms with Gasteiger partial charge in [-0.15, -0.1) is 0 Å². The summed E-state index contributed by atoms with van der Waals surface area (Å²) >= 11 is 0. The summed E-state index contributed by atoms with van der Waals surface area (Å²) in [4.78, 5) is 23.1. The molecule has 1 aromatic carbocycles. The first kappa shape index (κ1) is 26.1. The van der Waals surface area contributed by atoms with Crippen molar-refractivity contribution in [3.8, 4) is 11.1 Å². The summed E-state index contributed by atoms with van der Waals surface area (Å²) in [6.07, 6.45) is -1.25. The number of alkyl halides is 3. The Morgan fingerprint density at radius 1 is 1.16 bits per heavy atom. The van der Waals surface area contributed by atoms with Gasteiger partial charge in [0.05, 0.1) is 36.2 Å². The highest BCUT2D eigenvalue weighted by Crippen LogP contribution is 2.41. The lowest BCUT2D eigenvalue weighted by Crippen LogP contribution is -2.58. The summed E-state index contributed by atoms with van der Waals surface area (Å²) in [6, 6.07) is 9.43. The minimum atomic E-state index is -4.64. The van der Waals surface area contributed by atoms with Crippen molar-refractivity contribution in [1.82, 2.24) is 9.97 Å². The van der Waals surface area contributed by atoms with Crippen molar-refractivity contribution in [2.45, 2.75) is 45.0 Å². The minimum absolute atomic E-state index is 0.0278. The van der Waals surface area contributed by atoms with Crippen LogP contribution in [0.1, 0.15) is 41.2 Å². The van der Waals surface area contributed by atoms with Gasteiger partial charge >= 0.3 is 6.18 Å². The van der Waals surface area contributed by atoms with Gasteiger partial charge in [-0.2, -0.15) is 13.2 Å². The fourth-order valence-corrected chi connectivity index (χ4v) is 5.30. The number of fused-ring (bicyclic) bond motifs is 3. The van der Waals surface area contributed by atoms with Crippen LogP contribution in [0, 0.1) is 12.8 Å². The predicted octanol–water partition coefficient (Wildman–Crippen LogP) is 4.87. The minimum Gasteiger partial charge on any atom is -0.390 e. The third kappa shape index (κ3) is 5.10. The summed E-state index contributed by atoms with van der Waals surface area (Å²) in [7, 11) is 0. The van der Waals surface area contributed by atoms with E-state index >= 15 is 0 Å². The lowest BCUT2D eigenvalue weighted by Gasteiger charge is -2.49. The molecule has 1 saturated heterocycles. The average Bonchev–Trinajstić information content (AvgIpc) is 2.88. The van der Waals surface area contributed by atoms with Crippen molar-refractivity contribution in [1.29, 1.82) is 0 Å². The van der Waals surface area contributed by atoms with Gasteiger partial charge in [0.25, 0.3) is 5.91 Å². The molecule has 10 heteroatoms. The average molecular weight is 527 g/mol. The molecule has 2 aromatic heterocycles. The van der Waals surface area contributed by atoms with Crippen molar-refractivity contribution in [3.05, 3.63) is 71.3 Å². The number of hydrogen-bond acceptors (Lipinski definition) is 6. The number of carbonyl (C=O) groups is 1. The molecule has 2 aliphatic rings. The van der Waals surface area contributed by atoms with Crippen LogP contribution >= 0.6 is 0 Å². The molecule has 4 heterocycles. The summed E-state index contributed by atoms with van der Waals surface area (Å²) in [6.45, 7) is 7.40. The second-order valence-electron chi connectivity index (χ2n) is 10.4. The summed E-state index contributed by atoms with van der Waals surface area (Å²) in [5.41, 5.74) is 2.88. The maximum atomic E-state index is 13.0. The number of halogens is 3. The highest BCUT2D eigenvalue weighted by molar-refractivity contribution is 6.04. The maximum absolute atomic E-state index is 13.0. The molecule has 0 unspecified atom stereocenters. The van der Waals surface area contributed by atoms with Crippen molar-refractivity contribution in [2.24, 2.45) is 5.92 Å². The van der Waals surface area contributed by atoms with Gasteiger partial charge in [0, 0.05) is 41.7 Å². The SMILES string of the molecule is Cc1ccc(NC(=O)c2ccnc(C(F)(F)F)c2)cc1-c1cnc2c(c1)N1CCOC[C@@H]1[C@H](C(C)(C)O)C2. The first-order chi connectivity index (χ1) is 17.9. The molecule has 0 aliphatic carbocycles. The highest BCUT2D eigenvalue weighted by Gasteiger charge is 2.43. The van der Waals surface area contributed by atoms with Crippen molar-refractivity contribution >= 4 is 17.3 Å². The van der Waals surface area contributed by atoms with Crippen LogP contribution in [0.3, 0.4) is 0 Å². The third-order valence-corrected chi connectivity index (χ3v) is 7.33. The molecule has 2 N–H and O–H groups in total. The van der Waals surface area contributed by atoms with E-state index in [1.807, 2.05) is 26.8 Å². The van der Waals surface area contributed by atoms with E-state index in [4.69, 9.17) is 9.72 Å². The zero-order valence-corrected chi connectivity index (χ0v) is 21.3. The molecule has 0 saturated carbocycles. The Kier molecular flexibility index (Phi) is 6.65. The van der Waals surface area contributed by atoms with E-state index in [9.17, 15) is 23.1 Å². The highest BCUT2D eigenvalue weighted by atomic mass is 19.4. The number of amides is 1. The summed E-state index contributed by atoms with van der Waals surface area (Å²) < 4.78 is 44.8. The predicted molar refractivity (Wildman–Crippen MR) is 137 cm³/mol. The number of ether oxygens (including phenoxy) is 1. The molecule has 3 aromatic rings. The standard InChI is InChI=1S/C28H29F3N4O3/c1-16-4-5-19(34-26(36)17-6-7-32-25(11-17)28(29,30)31)12-20(16)18-10-23-22(33-14-18)13-21(27(2,3)37)24-15-38-9-8-35(23)24/h4-7,10-12,14,21,24,37H,8-9,13,15H2,1-3H3,(H,34,36)/t21-,24-/m1/s1. The number of nitrogens with one attached hydrogen (secondary N) is 1. The topological polar surface area (TPSA) is 87.6 Å². The molecule has 7 nitrogen and oxygen atoms in total. The van der Waals surface area contributed by atoms with E-state index in [0.717, 1.165) is 40.3 Å². The Bertz CT molecular complexity index is 1370. The first-order valence-corrected chi connectivity index (χ1v) is 12.4. The van der Waals surface area contributed by atoms with E-state index in [0.29, 0.717) is 31.9 Å². The van der Waals surface area contributed by atoms with Gasteiger partial charge in [0.15, 0.2) is 0 Å². The Morgan fingerprint density at radius 2 is 1.95 bits per heavy atom. The molecule has 2 aliphatic heterocycles. The number of carbonyl (C=O) groups excluding carboxylic acids is 1. The largest absolute Gasteiger partial charge is 0.433 e. The summed E-state index contributed by atoms with van der Waals surface area (Å²) in [5, 5.41) is 13.5. The van der Waals surface area contributed by atoms with Crippen LogP contribution in [-0.4, -0.2) is 52.4 Å². The van der Waals surface area contributed by atoms with Gasteiger partial charge in [0.1, 0.15) is 5.69 Å². The quantitative estimate of drug-likeness (QED) is 0.505. The van der Waals surface area contributed by atoms with Gasteiger partial charge < -0.3 is 20.1 Å². The molecule has 200 valence electrons. The molecular formula is C28H29F3N4O3. The van der Waals surface area contributed by atoms with Crippen LogP contribution in [0.4, 0.5) is 24.5 Å². The van der Waals surface area contributed by atoms with Crippen LogP contribution in [0.5, 0.6) is 0 Å². The molecular weight excluding hydrogens is 497 g/mol. The molecule has 5 rings (SSSR count). The van der Waals surface area contributed by atoms with E-state index < -0.39 is 23.4 Å². The first-order valence-electron chi connectivity index (χ1n) is 12.4. The van der Waals surface area contributed by atoms with E-state index in [1.165, 1.54) is 6.07 Å². The number of anilines is 2.